The van der Waals surface area contributed by atoms with E-state index in [1.165, 1.54) is 0 Å². The Morgan fingerprint density at radius 3 is 3.21 bits per heavy atom. The van der Waals surface area contributed by atoms with Gasteiger partial charge in [0.2, 0.25) is 5.91 Å². The highest BCUT2D eigenvalue weighted by molar-refractivity contribution is 5.78. The molecular weight excluding hydrogens is 240 g/mol. The fourth-order valence-corrected chi connectivity index (χ4v) is 2.78. The van der Waals surface area contributed by atoms with Crippen molar-refractivity contribution >= 4 is 5.91 Å². The lowest BCUT2D eigenvalue weighted by Gasteiger charge is -2.34. The van der Waals surface area contributed by atoms with Gasteiger partial charge < -0.3 is 10.6 Å². The molecule has 1 aromatic heterocycles. The van der Waals surface area contributed by atoms with Crippen LogP contribution in [0.25, 0.3) is 0 Å². The minimum atomic E-state index is 0.0871. The third-order valence-electron chi connectivity index (χ3n) is 3.96. The number of hydrogen-bond donors (Lipinski definition) is 2. The Bertz CT molecular complexity index is 390. The van der Waals surface area contributed by atoms with Crippen LogP contribution in [0.15, 0.2) is 12.3 Å². The number of nitrogens with two attached hydrogens (primary N) is 1. The van der Waals surface area contributed by atoms with Crippen molar-refractivity contribution < 1.29 is 4.79 Å². The van der Waals surface area contributed by atoms with Gasteiger partial charge in [-0.05, 0) is 38.3 Å². The maximum absolute atomic E-state index is 12.4. The van der Waals surface area contributed by atoms with Gasteiger partial charge in [0, 0.05) is 36.8 Å². The number of hydrogen-bond acceptors (Lipinski definition) is 3. The van der Waals surface area contributed by atoms with Gasteiger partial charge in [0.1, 0.15) is 0 Å². The molecule has 2 rings (SSSR count). The Balaban J connectivity index is 1.91. The van der Waals surface area contributed by atoms with Crippen LogP contribution in [-0.2, 0) is 4.79 Å². The van der Waals surface area contributed by atoms with Crippen molar-refractivity contribution in [3.63, 3.8) is 0 Å². The highest BCUT2D eigenvalue weighted by Gasteiger charge is 2.27. The zero-order valence-electron chi connectivity index (χ0n) is 11.6. The van der Waals surface area contributed by atoms with Crippen molar-refractivity contribution in [3.8, 4) is 0 Å². The molecule has 0 aromatic carbocycles. The first-order chi connectivity index (χ1) is 9.22. The summed E-state index contributed by atoms with van der Waals surface area (Å²) < 4.78 is 0. The molecule has 0 spiro atoms. The Morgan fingerprint density at radius 2 is 2.53 bits per heavy atom. The second-order valence-electron chi connectivity index (χ2n) is 5.47. The SMILES string of the molecule is CC(CCCN)C(=O)N1CCCC(c2ccn[nH]2)C1. The molecule has 1 aliphatic rings. The highest BCUT2D eigenvalue weighted by atomic mass is 16.2. The summed E-state index contributed by atoms with van der Waals surface area (Å²) in [5.41, 5.74) is 6.65. The lowest BCUT2D eigenvalue weighted by atomic mass is 9.93. The monoisotopic (exact) mass is 264 g/mol. The van der Waals surface area contributed by atoms with Crippen LogP contribution in [0.2, 0.25) is 0 Å². The predicted octanol–water partition coefficient (Wildman–Crippen LogP) is 1.49. The minimum absolute atomic E-state index is 0.0871. The van der Waals surface area contributed by atoms with Gasteiger partial charge in [-0.2, -0.15) is 5.10 Å². The summed E-state index contributed by atoms with van der Waals surface area (Å²) in [6, 6.07) is 2.01. The van der Waals surface area contributed by atoms with Gasteiger partial charge in [-0.25, -0.2) is 0 Å². The molecule has 1 amide bonds. The lowest BCUT2D eigenvalue weighted by Crippen LogP contribution is -2.42. The third-order valence-corrected chi connectivity index (χ3v) is 3.96. The van der Waals surface area contributed by atoms with E-state index in [1.807, 2.05) is 17.9 Å². The normalized spacial score (nSPS) is 21.4. The van der Waals surface area contributed by atoms with Crippen LogP contribution in [-0.4, -0.2) is 40.6 Å². The minimum Gasteiger partial charge on any atom is -0.342 e. The molecule has 2 atom stereocenters. The van der Waals surface area contributed by atoms with Crippen LogP contribution in [0.1, 0.15) is 44.2 Å². The summed E-state index contributed by atoms with van der Waals surface area (Å²) in [6.07, 6.45) is 5.79. The van der Waals surface area contributed by atoms with Crippen molar-refractivity contribution in [2.24, 2.45) is 11.7 Å². The Kier molecular flexibility index (Phi) is 4.96. The number of carbonyl (C=O) groups is 1. The van der Waals surface area contributed by atoms with Crippen LogP contribution in [0, 0.1) is 5.92 Å². The molecule has 2 unspecified atom stereocenters. The molecule has 5 heteroatoms. The number of amides is 1. The number of rotatable bonds is 5. The maximum atomic E-state index is 12.4. The van der Waals surface area contributed by atoms with Crippen molar-refractivity contribution in [2.45, 2.75) is 38.5 Å². The van der Waals surface area contributed by atoms with Gasteiger partial charge >= 0.3 is 0 Å². The number of piperidine rings is 1. The molecular formula is C14H24N4O. The number of nitrogens with one attached hydrogen (secondary N) is 1. The molecule has 0 bridgehead atoms. The summed E-state index contributed by atoms with van der Waals surface area (Å²) in [5, 5.41) is 7.03. The highest BCUT2D eigenvalue weighted by Crippen LogP contribution is 2.26. The number of aromatic amines is 1. The fourth-order valence-electron chi connectivity index (χ4n) is 2.78. The maximum Gasteiger partial charge on any atom is 0.225 e. The van der Waals surface area contributed by atoms with Crippen LogP contribution in [0.5, 0.6) is 0 Å². The van der Waals surface area contributed by atoms with Crippen LogP contribution in [0.4, 0.5) is 0 Å². The standard InChI is InChI=1S/C14H24N4O/c1-11(4-2-7-15)14(19)18-9-3-5-12(10-18)13-6-8-16-17-13/h6,8,11-12H,2-5,7,9-10,15H2,1H3,(H,16,17). The number of carbonyl (C=O) groups excluding carboxylic acids is 1. The van der Waals surface area contributed by atoms with Crippen LogP contribution in [0.3, 0.4) is 0 Å². The number of likely N-dealkylation sites (tertiary alicyclic amines) is 1. The Labute approximate surface area is 114 Å². The quantitative estimate of drug-likeness (QED) is 0.846. The van der Waals surface area contributed by atoms with Crippen molar-refractivity contribution in [1.29, 1.82) is 0 Å². The van der Waals surface area contributed by atoms with E-state index in [-0.39, 0.29) is 11.8 Å². The molecule has 1 saturated heterocycles. The molecule has 1 aromatic rings. The molecule has 2 heterocycles. The first kappa shape index (κ1) is 14.1. The summed E-state index contributed by atoms with van der Waals surface area (Å²) >= 11 is 0. The average molecular weight is 264 g/mol. The summed E-state index contributed by atoms with van der Waals surface area (Å²) in [4.78, 5) is 14.4. The molecule has 19 heavy (non-hydrogen) atoms. The average Bonchev–Trinajstić information content (AvgIpc) is 2.98. The van der Waals surface area contributed by atoms with Crippen molar-refractivity contribution in [3.05, 3.63) is 18.0 Å². The second kappa shape index (κ2) is 6.70. The van der Waals surface area contributed by atoms with Gasteiger partial charge in [-0.15, -0.1) is 0 Å². The van der Waals surface area contributed by atoms with E-state index >= 15 is 0 Å². The van der Waals surface area contributed by atoms with E-state index in [0.29, 0.717) is 12.5 Å². The van der Waals surface area contributed by atoms with Gasteiger partial charge in [0.15, 0.2) is 0 Å². The predicted molar refractivity (Wildman–Crippen MR) is 74.6 cm³/mol. The van der Waals surface area contributed by atoms with E-state index in [4.69, 9.17) is 5.73 Å². The topological polar surface area (TPSA) is 75.0 Å². The first-order valence-electron chi connectivity index (χ1n) is 7.20. The molecule has 5 nitrogen and oxygen atoms in total. The first-order valence-corrected chi connectivity index (χ1v) is 7.20. The smallest absolute Gasteiger partial charge is 0.225 e. The van der Waals surface area contributed by atoms with Gasteiger partial charge in [0.05, 0.1) is 0 Å². The Hall–Kier alpha value is -1.36. The van der Waals surface area contributed by atoms with E-state index in [0.717, 1.165) is 44.5 Å². The van der Waals surface area contributed by atoms with Gasteiger partial charge in [-0.1, -0.05) is 6.92 Å². The largest absolute Gasteiger partial charge is 0.342 e. The van der Waals surface area contributed by atoms with Crippen molar-refractivity contribution in [1.82, 2.24) is 15.1 Å². The number of aromatic nitrogens is 2. The van der Waals surface area contributed by atoms with Gasteiger partial charge in [0.25, 0.3) is 0 Å². The summed E-state index contributed by atoms with van der Waals surface area (Å²) in [5.74, 6) is 0.767. The second-order valence-corrected chi connectivity index (χ2v) is 5.47. The fraction of sp³-hybridized carbons (Fsp3) is 0.714. The zero-order chi connectivity index (χ0) is 13.7. The van der Waals surface area contributed by atoms with Crippen LogP contribution < -0.4 is 5.73 Å². The van der Waals surface area contributed by atoms with Crippen molar-refractivity contribution in [2.75, 3.05) is 19.6 Å². The molecule has 0 aliphatic carbocycles. The summed E-state index contributed by atoms with van der Waals surface area (Å²) in [6.45, 7) is 4.37. The summed E-state index contributed by atoms with van der Waals surface area (Å²) in [7, 11) is 0. The lowest BCUT2D eigenvalue weighted by molar-refractivity contribution is -0.136. The van der Waals surface area contributed by atoms with E-state index in [9.17, 15) is 4.79 Å². The van der Waals surface area contributed by atoms with E-state index in [2.05, 4.69) is 10.2 Å². The molecule has 106 valence electrons. The third kappa shape index (κ3) is 3.56. The number of nitrogens with zero attached hydrogens (tertiary/aromatic N) is 2. The molecule has 3 N–H and O–H groups in total. The van der Waals surface area contributed by atoms with E-state index < -0.39 is 0 Å². The molecule has 1 aliphatic heterocycles. The van der Waals surface area contributed by atoms with Crippen LogP contribution >= 0.6 is 0 Å². The number of H-pyrrole nitrogens is 1. The Morgan fingerprint density at radius 1 is 1.68 bits per heavy atom. The molecule has 1 fully saturated rings. The zero-order valence-corrected chi connectivity index (χ0v) is 11.6. The van der Waals surface area contributed by atoms with Gasteiger partial charge in [-0.3, -0.25) is 9.89 Å². The van der Waals surface area contributed by atoms with E-state index in [1.54, 1.807) is 6.20 Å². The molecule has 0 radical (unpaired) electrons. The molecule has 0 saturated carbocycles.